The van der Waals surface area contributed by atoms with Crippen LogP contribution in [0.15, 0.2) is 47.4 Å². The van der Waals surface area contributed by atoms with E-state index in [0.717, 1.165) is 31.4 Å². The van der Waals surface area contributed by atoms with Crippen LogP contribution in [0.1, 0.15) is 54.6 Å². The molecule has 0 radical (unpaired) electrons. The van der Waals surface area contributed by atoms with Crippen LogP contribution in [0.25, 0.3) is 0 Å². The van der Waals surface area contributed by atoms with Crippen LogP contribution in [0.2, 0.25) is 0 Å². The van der Waals surface area contributed by atoms with Gasteiger partial charge in [0.25, 0.3) is 5.91 Å². The van der Waals surface area contributed by atoms with Crippen LogP contribution in [0, 0.1) is 18.3 Å². The highest BCUT2D eigenvalue weighted by molar-refractivity contribution is 7.89. The lowest BCUT2D eigenvalue weighted by Gasteiger charge is -2.38. The Bertz CT molecular complexity index is 1110. The summed E-state index contributed by atoms with van der Waals surface area (Å²) in [6.07, 6.45) is 2.88. The molecule has 0 saturated carbocycles. The molecule has 1 aliphatic rings. The van der Waals surface area contributed by atoms with Crippen molar-refractivity contribution in [2.24, 2.45) is 0 Å². The summed E-state index contributed by atoms with van der Waals surface area (Å²) in [7, 11) is -3.82. The number of amides is 1. The molecule has 1 fully saturated rings. The molecule has 2 N–H and O–H groups in total. The summed E-state index contributed by atoms with van der Waals surface area (Å²) in [5.74, 6) is -0.351. The third-order valence-corrected chi connectivity index (χ3v) is 7.26. The zero-order chi connectivity index (χ0) is 22.6. The maximum atomic E-state index is 12.9. The smallest absolute Gasteiger partial charge is 0.255 e. The largest absolute Gasteiger partial charge is 0.321 e. The Morgan fingerprint density at radius 3 is 2.65 bits per heavy atom. The zero-order valence-corrected chi connectivity index (χ0v) is 18.9. The van der Waals surface area contributed by atoms with Crippen molar-refractivity contribution in [1.29, 1.82) is 5.26 Å². The van der Waals surface area contributed by atoms with E-state index in [4.69, 9.17) is 0 Å². The fourth-order valence-corrected chi connectivity index (χ4v) is 5.21. The van der Waals surface area contributed by atoms with Gasteiger partial charge in [-0.2, -0.15) is 9.98 Å². The van der Waals surface area contributed by atoms with Crippen molar-refractivity contribution in [2.45, 2.75) is 57.1 Å². The average Bonchev–Trinajstić information content (AvgIpc) is 2.74. The van der Waals surface area contributed by atoms with Gasteiger partial charge in [0.1, 0.15) is 6.07 Å². The number of carbonyl (C=O) groups is 1. The van der Waals surface area contributed by atoms with Crippen LogP contribution in [0.4, 0.5) is 5.69 Å². The zero-order valence-electron chi connectivity index (χ0n) is 18.1. The maximum absolute atomic E-state index is 12.9. The highest BCUT2D eigenvalue weighted by Gasteiger charge is 2.27. The van der Waals surface area contributed by atoms with Gasteiger partial charge in [-0.25, -0.2) is 8.42 Å². The van der Waals surface area contributed by atoms with Crippen LogP contribution < -0.4 is 10.0 Å². The first-order valence-corrected chi connectivity index (χ1v) is 11.9. The van der Waals surface area contributed by atoms with E-state index in [-0.39, 0.29) is 28.2 Å². The lowest BCUT2D eigenvalue weighted by atomic mass is 10.0. The SMILES string of the molecule is Cc1ccccc1C(=O)Nc1ccc(S(=O)(=O)N[C@H](C)N2CCCC[C@H]2C)cc1C#N. The lowest BCUT2D eigenvalue weighted by Crippen LogP contribution is -2.51. The molecule has 0 bridgehead atoms. The Balaban J connectivity index is 1.79. The van der Waals surface area contributed by atoms with Crippen molar-refractivity contribution in [2.75, 3.05) is 11.9 Å². The van der Waals surface area contributed by atoms with E-state index in [9.17, 15) is 18.5 Å². The number of rotatable bonds is 6. The van der Waals surface area contributed by atoms with Crippen LogP contribution in [-0.2, 0) is 10.0 Å². The molecule has 31 heavy (non-hydrogen) atoms. The van der Waals surface area contributed by atoms with E-state index in [1.807, 2.05) is 32.0 Å². The van der Waals surface area contributed by atoms with E-state index >= 15 is 0 Å². The first kappa shape index (κ1) is 22.9. The third kappa shape index (κ3) is 5.31. The molecular weight excluding hydrogens is 412 g/mol. The molecule has 2 aromatic carbocycles. The maximum Gasteiger partial charge on any atom is 0.255 e. The molecule has 0 aromatic heterocycles. The van der Waals surface area contributed by atoms with Gasteiger partial charge in [-0.1, -0.05) is 24.6 Å². The van der Waals surface area contributed by atoms with Gasteiger partial charge in [-0.3, -0.25) is 9.69 Å². The van der Waals surface area contributed by atoms with Gasteiger partial charge in [-0.15, -0.1) is 0 Å². The van der Waals surface area contributed by atoms with Crippen LogP contribution in [0.5, 0.6) is 0 Å². The van der Waals surface area contributed by atoms with E-state index in [0.29, 0.717) is 11.6 Å². The van der Waals surface area contributed by atoms with Gasteiger partial charge < -0.3 is 5.32 Å². The van der Waals surface area contributed by atoms with Crippen LogP contribution in [0.3, 0.4) is 0 Å². The highest BCUT2D eigenvalue weighted by atomic mass is 32.2. The molecule has 2 aromatic rings. The molecular formula is C23H28N4O3S. The summed E-state index contributed by atoms with van der Waals surface area (Å²) < 4.78 is 28.6. The number of nitrogens with zero attached hydrogens (tertiary/aromatic N) is 2. The Kier molecular flexibility index (Phi) is 7.11. The summed E-state index contributed by atoms with van der Waals surface area (Å²) in [4.78, 5) is 14.7. The lowest BCUT2D eigenvalue weighted by molar-refractivity contribution is 0.102. The number of hydrogen-bond acceptors (Lipinski definition) is 5. The number of piperidine rings is 1. The second-order valence-corrected chi connectivity index (χ2v) is 9.68. The number of aryl methyl sites for hydroxylation is 1. The fourth-order valence-electron chi connectivity index (χ4n) is 3.97. The van der Waals surface area contributed by atoms with Crippen molar-refractivity contribution in [1.82, 2.24) is 9.62 Å². The van der Waals surface area contributed by atoms with Gasteiger partial charge in [0.05, 0.1) is 22.3 Å². The first-order valence-electron chi connectivity index (χ1n) is 10.4. The molecule has 1 aliphatic heterocycles. The minimum Gasteiger partial charge on any atom is -0.321 e. The molecule has 0 aliphatic carbocycles. The fraction of sp³-hybridized carbons (Fsp3) is 0.391. The number of carbonyl (C=O) groups excluding carboxylic acids is 1. The molecule has 1 saturated heterocycles. The van der Waals surface area contributed by atoms with Gasteiger partial charge in [0.15, 0.2) is 0 Å². The topological polar surface area (TPSA) is 102 Å². The van der Waals surface area contributed by atoms with Gasteiger partial charge >= 0.3 is 0 Å². The second kappa shape index (κ2) is 9.60. The Labute approximate surface area is 184 Å². The van der Waals surface area contributed by atoms with E-state index in [1.165, 1.54) is 18.2 Å². The van der Waals surface area contributed by atoms with Crippen LogP contribution in [-0.4, -0.2) is 38.0 Å². The molecule has 7 nitrogen and oxygen atoms in total. The Morgan fingerprint density at radius 2 is 1.97 bits per heavy atom. The third-order valence-electron chi connectivity index (χ3n) is 5.74. The highest BCUT2D eigenvalue weighted by Crippen LogP contribution is 2.23. The monoisotopic (exact) mass is 440 g/mol. The molecule has 1 amide bonds. The van der Waals surface area contributed by atoms with Gasteiger partial charge in [-0.05, 0) is 70.0 Å². The number of nitriles is 1. The summed E-state index contributed by atoms with van der Waals surface area (Å²) in [5, 5.41) is 12.3. The normalized spacial score (nSPS) is 18.2. The number of sulfonamides is 1. The standard InChI is InChI=1S/C23H28N4O3S/c1-16-8-4-5-10-21(16)23(28)25-22-12-11-20(14-19(22)15-24)31(29,30)26-18(3)27-13-7-6-9-17(27)2/h4-5,8,10-12,14,17-18,26H,6-7,9,13H2,1-3H3,(H,25,28)/t17-,18+/m1/s1. The molecule has 8 heteroatoms. The second-order valence-electron chi connectivity index (χ2n) is 7.97. The predicted octanol–water partition coefficient (Wildman–Crippen LogP) is 3.62. The van der Waals surface area contributed by atoms with Crippen molar-refractivity contribution in [3.05, 3.63) is 59.2 Å². The van der Waals surface area contributed by atoms with Crippen molar-refractivity contribution < 1.29 is 13.2 Å². The number of likely N-dealkylation sites (tertiary alicyclic amines) is 1. The van der Waals surface area contributed by atoms with Crippen molar-refractivity contribution in [3.63, 3.8) is 0 Å². The number of hydrogen-bond donors (Lipinski definition) is 2. The summed E-state index contributed by atoms with van der Waals surface area (Å²) in [6, 6.07) is 13.6. The van der Waals surface area contributed by atoms with Crippen molar-refractivity contribution >= 4 is 21.6 Å². The number of benzene rings is 2. The summed E-state index contributed by atoms with van der Waals surface area (Å²) >= 11 is 0. The van der Waals surface area contributed by atoms with E-state index in [1.54, 1.807) is 12.1 Å². The van der Waals surface area contributed by atoms with E-state index < -0.39 is 10.0 Å². The van der Waals surface area contributed by atoms with Gasteiger partial charge in [0, 0.05) is 11.6 Å². The summed E-state index contributed by atoms with van der Waals surface area (Å²) in [5.41, 5.74) is 1.66. The Morgan fingerprint density at radius 1 is 1.23 bits per heavy atom. The molecule has 0 unspecified atom stereocenters. The van der Waals surface area contributed by atoms with Crippen LogP contribution >= 0.6 is 0 Å². The van der Waals surface area contributed by atoms with E-state index in [2.05, 4.69) is 21.9 Å². The molecule has 0 spiro atoms. The molecule has 1 heterocycles. The number of nitrogens with one attached hydrogen (secondary N) is 2. The predicted molar refractivity (Wildman–Crippen MR) is 120 cm³/mol. The minimum absolute atomic E-state index is 0.00514. The molecule has 3 rings (SSSR count). The Hall–Kier alpha value is -2.73. The first-order chi connectivity index (χ1) is 14.7. The van der Waals surface area contributed by atoms with Crippen molar-refractivity contribution in [3.8, 4) is 6.07 Å². The summed E-state index contributed by atoms with van der Waals surface area (Å²) in [6.45, 7) is 6.61. The number of anilines is 1. The molecule has 164 valence electrons. The van der Waals surface area contributed by atoms with Gasteiger partial charge in [0.2, 0.25) is 10.0 Å². The quantitative estimate of drug-likeness (QED) is 0.714. The molecule has 2 atom stereocenters. The average molecular weight is 441 g/mol. The minimum atomic E-state index is -3.82.